The lowest BCUT2D eigenvalue weighted by Crippen LogP contribution is -1.96. The zero-order valence-corrected chi connectivity index (χ0v) is 61.4. The first-order valence-electron chi connectivity index (χ1n) is 32.3. The summed E-state index contributed by atoms with van der Waals surface area (Å²) in [5.41, 5.74) is 5.31. The van der Waals surface area contributed by atoms with Gasteiger partial charge in [0.05, 0.1) is 29.5 Å². The summed E-state index contributed by atoms with van der Waals surface area (Å²) in [4.78, 5) is 47.7. The maximum absolute atomic E-state index is 4.18. The maximum atomic E-state index is 4.18. The molecule has 0 aliphatic carbocycles. The van der Waals surface area contributed by atoms with Crippen LogP contribution in [-0.4, -0.2) is 90.4 Å². The molecule has 0 fully saturated rings. The van der Waals surface area contributed by atoms with E-state index in [4.69, 9.17) is 0 Å². The third-order valence-electron chi connectivity index (χ3n) is 9.07. The zero-order chi connectivity index (χ0) is 69.5. The molecular weight excluding hydrogens is 1100 g/mol. The SMILES string of the molecule is C.CC.CC.CC.CC.CC.CC.CC.CC.CC(C)c1ccccn1.CC(C)c1cccnn1.CC(C)c1ccncn1.CC(C)c1cnccn1.CC(C)c1cncnn1.CC(C)c1ncccn1.CC(C)c1nccnn1.CC(C)c1ncncn1. The molecule has 0 radical (unpaired) electrons. The minimum Gasteiger partial charge on any atom is -0.261 e. The molecule has 89 heavy (non-hydrogen) atoms. The lowest BCUT2D eigenvalue weighted by Gasteiger charge is -2.00. The molecule has 0 aliphatic heterocycles. The Labute approximate surface area is 546 Å². The van der Waals surface area contributed by atoms with Gasteiger partial charge in [0, 0.05) is 84.9 Å². The predicted octanol–water partition coefficient (Wildman–Crippen LogP) is 20.4. The predicted molar refractivity (Wildman–Crippen MR) is 382 cm³/mol. The van der Waals surface area contributed by atoms with Crippen molar-refractivity contribution in [3.8, 4) is 0 Å². The lowest BCUT2D eigenvalue weighted by atomic mass is 10.1. The smallest absolute Gasteiger partial charge is 0.153 e. The Kier molecular flexibility index (Phi) is 88.6. The first-order valence-corrected chi connectivity index (χ1v) is 32.3. The summed E-state index contributed by atoms with van der Waals surface area (Å²) in [5.74, 6) is 6.22. The van der Waals surface area contributed by atoms with Gasteiger partial charge in [-0.05, 0) is 66.0 Å². The van der Waals surface area contributed by atoms with Crippen LogP contribution in [0.25, 0.3) is 0 Å². The van der Waals surface area contributed by atoms with Crippen molar-refractivity contribution in [2.24, 2.45) is 0 Å². The van der Waals surface area contributed by atoms with E-state index in [1.807, 2.05) is 173 Å². The quantitative estimate of drug-likeness (QED) is 0.138. The van der Waals surface area contributed by atoms with Crippen molar-refractivity contribution >= 4 is 0 Å². The molecule has 0 N–H and O–H groups in total. The molecule has 0 saturated carbocycles. The molecule has 18 nitrogen and oxygen atoms in total. The van der Waals surface area contributed by atoms with E-state index in [1.165, 1.54) is 19.0 Å². The van der Waals surface area contributed by atoms with Gasteiger partial charge in [-0.2, -0.15) is 20.4 Å². The first kappa shape index (κ1) is 100. The van der Waals surface area contributed by atoms with E-state index in [-0.39, 0.29) is 7.43 Å². The van der Waals surface area contributed by atoms with E-state index in [1.54, 1.807) is 68.3 Å². The zero-order valence-electron chi connectivity index (χ0n) is 61.4. The Morgan fingerprint density at radius 1 is 0.225 bits per heavy atom. The minimum absolute atomic E-state index is 0. The number of nitrogens with zero attached hydrogens (tertiary/aromatic N) is 18. The lowest BCUT2D eigenvalue weighted by molar-refractivity contribution is 0.735. The van der Waals surface area contributed by atoms with Gasteiger partial charge in [-0.3, -0.25) is 15.0 Å². The van der Waals surface area contributed by atoms with E-state index in [0.717, 1.165) is 45.9 Å². The minimum atomic E-state index is 0. The molecule has 504 valence electrons. The van der Waals surface area contributed by atoms with Gasteiger partial charge in [-0.25, -0.2) is 44.9 Å². The fourth-order valence-corrected chi connectivity index (χ4v) is 4.79. The van der Waals surface area contributed by atoms with E-state index in [2.05, 4.69) is 187 Å². The molecule has 8 aromatic rings. The van der Waals surface area contributed by atoms with Crippen LogP contribution in [0.15, 0.2) is 136 Å². The van der Waals surface area contributed by atoms with E-state index in [9.17, 15) is 0 Å². The van der Waals surface area contributed by atoms with Crippen LogP contribution in [0.2, 0.25) is 0 Å². The average Bonchev–Trinajstić information content (AvgIpc) is 3.63. The normalized spacial score (nSPS) is 8.72. The summed E-state index contributed by atoms with van der Waals surface area (Å²) in [5, 5.41) is 22.7. The van der Waals surface area contributed by atoms with Gasteiger partial charge in [-0.1, -0.05) is 235 Å². The highest BCUT2D eigenvalue weighted by atomic mass is 15.1. The van der Waals surface area contributed by atoms with Gasteiger partial charge in [0.15, 0.2) is 5.82 Å². The van der Waals surface area contributed by atoms with Crippen molar-refractivity contribution in [3.05, 3.63) is 182 Å². The summed E-state index contributed by atoms with van der Waals surface area (Å²) in [6.45, 7) is 65.4. The Bertz CT molecular complexity index is 1890. The molecule has 8 heterocycles. The van der Waals surface area contributed by atoms with Gasteiger partial charge in [0.1, 0.15) is 37.0 Å². The number of rotatable bonds is 8. The second-order valence-electron chi connectivity index (χ2n) is 18.0. The molecule has 0 saturated heterocycles. The number of aromatic nitrogens is 18. The third kappa shape index (κ3) is 63.3. The standard InChI is InChI=1S/C8H11N.4C7H10N2.3C6H9N3.8C2H6.CH4/c1-7(2)8-5-3-4-6-9-8;1-6(2)7-5-8-3-4-9-7;1-6(2)7-3-4-8-5-9-7;1-6(2)7-8-4-3-5-9-7;1-6(2)7-4-3-5-8-9-7;1-5(2)6-8-3-7-4-9-6;1-5(2)6-3-7-4-8-9-6;1-5(2)6-7-3-4-8-9-6;8*1-2;/h3-7H,1-2H3;4*3-6H,1-2H3;3*3-5H,1-2H3;8*1-2H3;1H4. The van der Waals surface area contributed by atoms with Crippen LogP contribution < -0.4 is 0 Å². The van der Waals surface area contributed by atoms with Crippen molar-refractivity contribution in [1.82, 2.24) is 90.4 Å². The number of hydrogen-bond acceptors (Lipinski definition) is 18. The fraction of sp³-hybridized carbons (Fsp3) is 0.577. The van der Waals surface area contributed by atoms with Gasteiger partial charge in [0.25, 0.3) is 0 Å². The largest absolute Gasteiger partial charge is 0.261 e. The second-order valence-corrected chi connectivity index (χ2v) is 18.0. The molecule has 0 amide bonds. The van der Waals surface area contributed by atoms with Gasteiger partial charge >= 0.3 is 0 Å². The molecule has 8 rings (SSSR count). The van der Waals surface area contributed by atoms with Crippen molar-refractivity contribution in [1.29, 1.82) is 0 Å². The molecule has 18 heteroatoms. The van der Waals surface area contributed by atoms with E-state index in [0.29, 0.717) is 47.3 Å². The number of hydrogen-bond donors (Lipinski definition) is 0. The van der Waals surface area contributed by atoms with Crippen molar-refractivity contribution in [2.45, 2.75) is 276 Å². The third-order valence-corrected chi connectivity index (χ3v) is 9.07. The Morgan fingerprint density at radius 2 is 0.618 bits per heavy atom. The van der Waals surface area contributed by atoms with Crippen LogP contribution in [-0.2, 0) is 0 Å². The molecule has 0 unspecified atom stereocenters. The Balaban J connectivity index is -0.000000113. The van der Waals surface area contributed by atoms with Gasteiger partial charge in [-0.15, -0.1) is 10.2 Å². The summed E-state index contributed by atoms with van der Waals surface area (Å²) in [6, 6.07) is 13.6. The van der Waals surface area contributed by atoms with E-state index >= 15 is 0 Å². The second kappa shape index (κ2) is 78.5. The van der Waals surface area contributed by atoms with E-state index < -0.39 is 0 Å². The first-order chi connectivity index (χ1) is 42.4. The van der Waals surface area contributed by atoms with Crippen molar-refractivity contribution in [2.75, 3.05) is 0 Å². The fourth-order valence-electron chi connectivity index (χ4n) is 4.79. The summed E-state index contributed by atoms with van der Waals surface area (Å²) in [7, 11) is 0. The monoisotopic (exact) mass is 1240 g/mol. The molecule has 0 spiro atoms. The van der Waals surface area contributed by atoms with Gasteiger partial charge in [0.2, 0.25) is 0 Å². The number of pyridine rings is 1. The average molecular weight is 1240 g/mol. The van der Waals surface area contributed by atoms with Crippen molar-refractivity contribution in [3.63, 3.8) is 0 Å². The van der Waals surface area contributed by atoms with Crippen LogP contribution in [0.1, 0.15) is 322 Å². The summed E-state index contributed by atoms with van der Waals surface area (Å²) >= 11 is 0. The highest BCUT2D eigenvalue weighted by molar-refractivity contribution is 5.07. The maximum Gasteiger partial charge on any atom is 0.153 e. The summed E-state index contributed by atoms with van der Waals surface area (Å²) < 4.78 is 0. The molecule has 0 aliphatic rings. The topological polar surface area (TPSA) is 232 Å². The van der Waals surface area contributed by atoms with Crippen LogP contribution >= 0.6 is 0 Å². The highest BCUT2D eigenvalue weighted by Crippen LogP contribution is 2.11. The molecule has 0 atom stereocenters. The Hall–Kier alpha value is -7.50. The summed E-state index contributed by atoms with van der Waals surface area (Å²) in [6.07, 6.45) is 25.0. The van der Waals surface area contributed by atoms with Crippen LogP contribution in [0.5, 0.6) is 0 Å². The van der Waals surface area contributed by atoms with Crippen molar-refractivity contribution < 1.29 is 0 Å². The molecule has 8 aromatic heterocycles. The molecule has 0 aromatic carbocycles. The molecular formula is C71H130N18. The van der Waals surface area contributed by atoms with Crippen LogP contribution in [0.3, 0.4) is 0 Å². The highest BCUT2D eigenvalue weighted by Gasteiger charge is 2.02. The van der Waals surface area contributed by atoms with Crippen LogP contribution in [0.4, 0.5) is 0 Å². The molecule has 0 bridgehead atoms. The Morgan fingerprint density at radius 3 is 0.888 bits per heavy atom. The van der Waals surface area contributed by atoms with Gasteiger partial charge < -0.3 is 0 Å². The van der Waals surface area contributed by atoms with Crippen LogP contribution in [0, 0.1) is 0 Å².